The Morgan fingerprint density at radius 2 is 1.69 bits per heavy atom. The number of fused-ring (bicyclic) bond motifs is 3. The molecule has 0 saturated carbocycles. The van der Waals surface area contributed by atoms with Gasteiger partial charge in [0.05, 0.1) is 22.3 Å². The molecule has 29 heavy (non-hydrogen) atoms. The molecule has 0 amide bonds. The Hall–Kier alpha value is -2.85. The van der Waals surface area contributed by atoms with Crippen LogP contribution in [-0.4, -0.2) is 29.2 Å². The molecule has 0 aliphatic rings. The maximum Gasteiger partial charge on any atom is 0.147 e. The van der Waals surface area contributed by atoms with Crippen molar-refractivity contribution in [3.05, 3.63) is 64.8 Å². The summed E-state index contributed by atoms with van der Waals surface area (Å²) in [4.78, 5) is 7.40. The Morgan fingerprint density at radius 3 is 2.34 bits per heavy atom. The van der Waals surface area contributed by atoms with E-state index in [0.717, 1.165) is 24.4 Å². The van der Waals surface area contributed by atoms with Crippen LogP contribution in [0.5, 0.6) is 0 Å². The summed E-state index contributed by atoms with van der Waals surface area (Å²) in [5.74, 6) is 0. The fourth-order valence-electron chi connectivity index (χ4n) is 4.66. The predicted molar refractivity (Wildman–Crippen MR) is 124 cm³/mol. The third-order valence-electron chi connectivity index (χ3n) is 5.71. The van der Waals surface area contributed by atoms with Gasteiger partial charge in [-0.05, 0) is 57.9 Å². The zero-order chi connectivity index (χ0) is 20.7. The summed E-state index contributed by atoms with van der Waals surface area (Å²) in [6, 6.07) is 15.4. The van der Waals surface area contributed by atoms with E-state index in [2.05, 4.69) is 86.6 Å². The van der Waals surface area contributed by atoms with Crippen LogP contribution < -0.4 is 10.6 Å². The van der Waals surface area contributed by atoms with Crippen molar-refractivity contribution in [1.82, 2.24) is 9.55 Å². The number of hydrogen-bond acceptors (Lipinski definition) is 3. The Bertz CT molecular complexity index is 1180. The number of aryl methyl sites for hydroxylation is 4. The van der Waals surface area contributed by atoms with E-state index >= 15 is 0 Å². The number of rotatable bonds is 5. The van der Waals surface area contributed by atoms with Crippen LogP contribution in [0.4, 0.5) is 5.69 Å². The molecule has 2 aromatic heterocycles. The van der Waals surface area contributed by atoms with Crippen molar-refractivity contribution in [2.45, 2.75) is 34.6 Å². The van der Waals surface area contributed by atoms with E-state index in [1.165, 1.54) is 44.4 Å². The summed E-state index contributed by atoms with van der Waals surface area (Å²) in [7, 11) is 0. The van der Waals surface area contributed by atoms with Crippen molar-refractivity contribution in [3.8, 4) is 5.69 Å². The van der Waals surface area contributed by atoms with Crippen LogP contribution in [-0.2, 0) is 0 Å². The Labute approximate surface area is 173 Å². The monoisotopic (exact) mass is 386 g/mol. The lowest BCUT2D eigenvalue weighted by Gasteiger charge is -2.24. The van der Waals surface area contributed by atoms with Gasteiger partial charge in [0.25, 0.3) is 0 Å². The van der Waals surface area contributed by atoms with Gasteiger partial charge in [-0.25, -0.2) is 4.98 Å². The average molecular weight is 387 g/mol. The zero-order valence-corrected chi connectivity index (χ0v) is 18.1. The van der Waals surface area contributed by atoms with Crippen LogP contribution in [0, 0.1) is 27.7 Å². The number of likely N-dealkylation sites (N-methyl/N-ethyl adjacent to an activating group) is 1. The van der Waals surface area contributed by atoms with E-state index in [0.29, 0.717) is 6.54 Å². The minimum absolute atomic E-state index is 0.630. The second kappa shape index (κ2) is 7.53. The van der Waals surface area contributed by atoms with Gasteiger partial charge >= 0.3 is 0 Å². The summed E-state index contributed by atoms with van der Waals surface area (Å²) < 4.78 is 2.35. The van der Waals surface area contributed by atoms with E-state index in [1.807, 2.05) is 0 Å². The van der Waals surface area contributed by atoms with Crippen molar-refractivity contribution in [2.24, 2.45) is 5.73 Å². The number of nitrogens with zero attached hydrogens (tertiary/aromatic N) is 3. The van der Waals surface area contributed by atoms with Gasteiger partial charge in [-0.15, -0.1) is 0 Å². The molecule has 150 valence electrons. The van der Waals surface area contributed by atoms with E-state index in [4.69, 9.17) is 10.7 Å². The molecule has 0 saturated heterocycles. The highest BCUT2D eigenvalue weighted by Crippen LogP contribution is 2.39. The number of anilines is 1. The van der Waals surface area contributed by atoms with Gasteiger partial charge in [-0.1, -0.05) is 35.9 Å². The van der Waals surface area contributed by atoms with Gasteiger partial charge in [0.1, 0.15) is 5.65 Å². The number of nitrogens with two attached hydrogens (primary N) is 1. The molecule has 0 unspecified atom stereocenters. The molecule has 0 bridgehead atoms. The number of benzene rings is 2. The van der Waals surface area contributed by atoms with Crippen LogP contribution >= 0.6 is 0 Å². The standard InChI is InChI=1S/C25H30N4/c1-6-28(12-11-26)22-15-19(5)27-25-23(22)20-9-7-8-10-21(20)29(25)24-17(3)13-16(2)14-18(24)4/h7-10,13-15H,6,11-12,26H2,1-5H3. The molecular formula is C25H30N4. The number of aromatic nitrogens is 2. The van der Waals surface area contributed by atoms with Gasteiger partial charge in [-0.2, -0.15) is 0 Å². The topological polar surface area (TPSA) is 47.1 Å². The fourth-order valence-corrected chi connectivity index (χ4v) is 4.66. The van der Waals surface area contributed by atoms with Crippen LogP contribution in [0.1, 0.15) is 29.3 Å². The van der Waals surface area contributed by atoms with Crippen molar-refractivity contribution < 1.29 is 0 Å². The third-order valence-corrected chi connectivity index (χ3v) is 5.71. The maximum atomic E-state index is 5.92. The van der Waals surface area contributed by atoms with Crippen LogP contribution in [0.15, 0.2) is 42.5 Å². The largest absolute Gasteiger partial charge is 0.370 e. The van der Waals surface area contributed by atoms with Crippen molar-refractivity contribution in [1.29, 1.82) is 0 Å². The summed E-state index contributed by atoms with van der Waals surface area (Å²) in [5, 5.41) is 2.45. The van der Waals surface area contributed by atoms with Crippen LogP contribution in [0.3, 0.4) is 0 Å². The second-order valence-corrected chi connectivity index (χ2v) is 7.95. The first kappa shape index (κ1) is 19.5. The second-order valence-electron chi connectivity index (χ2n) is 7.95. The smallest absolute Gasteiger partial charge is 0.147 e. The minimum atomic E-state index is 0.630. The van der Waals surface area contributed by atoms with Gasteiger partial charge in [0, 0.05) is 30.7 Å². The lowest BCUT2D eigenvalue weighted by atomic mass is 10.0. The molecule has 2 N–H and O–H groups in total. The SMILES string of the molecule is CCN(CCN)c1cc(C)nc2c1c1ccccc1n2-c1c(C)cc(C)cc1C. The van der Waals surface area contributed by atoms with Gasteiger partial charge < -0.3 is 10.6 Å². The summed E-state index contributed by atoms with van der Waals surface area (Å²) >= 11 is 0. The molecule has 4 nitrogen and oxygen atoms in total. The van der Waals surface area contributed by atoms with Crippen LogP contribution in [0.25, 0.3) is 27.6 Å². The third kappa shape index (κ3) is 3.18. The minimum Gasteiger partial charge on any atom is -0.370 e. The number of para-hydroxylation sites is 1. The van der Waals surface area contributed by atoms with E-state index < -0.39 is 0 Å². The zero-order valence-electron chi connectivity index (χ0n) is 18.1. The molecule has 0 aliphatic heterocycles. The first-order valence-corrected chi connectivity index (χ1v) is 10.4. The molecule has 0 radical (unpaired) electrons. The van der Waals surface area contributed by atoms with E-state index in [9.17, 15) is 0 Å². The quantitative estimate of drug-likeness (QED) is 0.513. The van der Waals surface area contributed by atoms with Gasteiger partial charge in [0.2, 0.25) is 0 Å². The van der Waals surface area contributed by atoms with Crippen molar-refractivity contribution >= 4 is 27.6 Å². The molecule has 0 spiro atoms. The van der Waals surface area contributed by atoms with Crippen molar-refractivity contribution in [2.75, 3.05) is 24.5 Å². The van der Waals surface area contributed by atoms with E-state index in [1.54, 1.807) is 0 Å². The Morgan fingerprint density at radius 1 is 1.00 bits per heavy atom. The normalized spacial score (nSPS) is 11.5. The highest BCUT2D eigenvalue weighted by atomic mass is 15.1. The molecule has 0 atom stereocenters. The summed E-state index contributed by atoms with van der Waals surface area (Å²) in [6.07, 6.45) is 0. The molecule has 4 heteroatoms. The van der Waals surface area contributed by atoms with Crippen LogP contribution in [0.2, 0.25) is 0 Å². The highest BCUT2D eigenvalue weighted by molar-refractivity contribution is 6.14. The fraction of sp³-hybridized carbons (Fsp3) is 0.320. The van der Waals surface area contributed by atoms with E-state index in [-0.39, 0.29) is 0 Å². The summed E-state index contributed by atoms with van der Waals surface area (Å²) in [6.45, 7) is 13.2. The molecule has 0 aliphatic carbocycles. The van der Waals surface area contributed by atoms with Crippen molar-refractivity contribution in [3.63, 3.8) is 0 Å². The first-order valence-electron chi connectivity index (χ1n) is 10.4. The first-order chi connectivity index (χ1) is 14.0. The molecule has 2 heterocycles. The lowest BCUT2D eigenvalue weighted by Crippen LogP contribution is -2.29. The highest BCUT2D eigenvalue weighted by Gasteiger charge is 2.21. The lowest BCUT2D eigenvalue weighted by molar-refractivity contribution is 0.819. The number of pyridine rings is 1. The predicted octanol–water partition coefficient (Wildman–Crippen LogP) is 5.20. The molecule has 4 aromatic rings. The van der Waals surface area contributed by atoms with Gasteiger partial charge in [0.15, 0.2) is 0 Å². The Balaban J connectivity index is 2.18. The molecule has 2 aromatic carbocycles. The Kier molecular flexibility index (Phi) is 5.05. The molecular weight excluding hydrogens is 356 g/mol. The summed E-state index contributed by atoms with van der Waals surface area (Å²) in [5.41, 5.74) is 15.4. The molecule has 4 rings (SSSR count). The average Bonchev–Trinajstić information content (AvgIpc) is 2.99. The number of hydrogen-bond donors (Lipinski definition) is 1. The maximum absolute atomic E-state index is 5.92. The molecule has 0 fully saturated rings. The van der Waals surface area contributed by atoms with Gasteiger partial charge in [-0.3, -0.25) is 4.57 Å².